The van der Waals surface area contributed by atoms with Gasteiger partial charge in [-0.15, -0.1) is 0 Å². The van der Waals surface area contributed by atoms with E-state index in [0.29, 0.717) is 12.2 Å². The number of nitrogens with zero attached hydrogens (tertiary/aromatic N) is 3. The van der Waals surface area contributed by atoms with E-state index in [1.807, 2.05) is 11.5 Å². The van der Waals surface area contributed by atoms with E-state index in [1.165, 1.54) is 6.39 Å². The van der Waals surface area contributed by atoms with Gasteiger partial charge in [0.15, 0.2) is 6.39 Å². The quantitative estimate of drug-likeness (QED) is 0.780. The molecule has 0 aromatic carbocycles. The number of oxazole rings is 1. The Labute approximate surface area is 81.0 Å². The molecule has 0 amide bonds. The summed E-state index contributed by atoms with van der Waals surface area (Å²) in [5.41, 5.74) is 1.54. The lowest BCUT2D eigenvalue weighted by molar-refractivity contribution is 0.277. The van der Waals surface area contributed by atoms with Crippen molar-refractivity contribution in [3.05, 3.63) is 36.1 Å². The second-order valence-electron chi connectivity index (χ2n) is 3.05. The largest absolute Gasteiger partial charge is 0.448 e. The molecule has 0 aliphatic heterocycles. The first-order chi connectivity index (χ1) is 6.79. The van der Waals surface area contributed by atoms with Gasteiger partial charge in [0.1, 0.15) is 11.5 Å². The molecule has 0 spiro atoms. The third kappa shape index (κ3) is 1.67. The Morgan fingerprint density at radius 2 is 2.36 bits per heavy atom. The van der Waals surface area contributed by atoms with Crippen LogP contribution in [0.4, 0.5) is 0 Å². The van der Waals surface area contributed by atoms with Crippen LogP contribution in [0.2, 0.25) is 0 Å². The summed E-state index contributed by atoms with van der Waals surface area (Å²) in [7, 11) is 0. The van der Waals surface area contributed by atoms with E-state index in [-0.39, 0.29) is 6.61 Å². The highest BCUT2D eigenvalue weighted by Gasteiger charge is 2.04. The minimum Gasteiger partial charge on any atom is -0.448 e. The molecule has 2 aromatic heterocycles. The summed E-state index contributed by atoms with van der Waals surface area (Å²) in [6.07, 6.45) is 4.88. The zero-order chi connectivity index (χ0) is 9.97. The van der Waals surface area contributed by atoms with Gasteiger partial charge in [0.2, 0.25) is 0 Å². The Balaban J connectivity index is 2.15. The van der Waals surface area contributed by atoms with Crippen LogP contribution < -0.4 is 0 Å². The third-order valence-corrected chi connectivity index (χ3v) is 2.03. The normalized spacial score (nSPS) is 10.7. The molecule has 74 valence electrons. The molecular weight excluding hydrogens is 182 g/mol. The van der Waals surface area contributed by atoms with Crippen molar-refractivity contribution >= 4 is 0 Å². The highest BCUT2D eigenvalue weighted by atomic mass is 16.3. The van der Waals surface area contributed by atoms with Crippen LogP contribution in [0.5, 0.6) is 0 Å². The van der Waals surface area contributed by atoms with Crippen molar-refractivity contribution in [3.63, 3.8) is 0 Å². The van der Waals surface area contributed by atoms with Gasteiger partial charge < -0.3 is 14.1 Å². The minimum absolute atomic E-state index is 0.0369. The molecule has 2 heterocycles. The number of imidazole rings is 1. The number of hydrogen-bond donors (Lipinski definition) is 1. The minimum atomic E-state index is -0.0369. The Hall–Kier alpha value is -1.62. The Bertz CT molecular complexity index is 419. The fraction of sp³-hybridized carbons (Fsp3) is 0.333. The zero-order valence-corrected chi connectivity index (χ0v) is 7.84. The van der Waals surface area contributed by atoms with Gasteiger partial charge in [-0.05, 0) is 6.92 Å². The first-order valence-corrected chi connectivity index (χ1v) is 4.30. The van der Waals surface area contributed by atoms with Crippen LogP contribution in [0, 0.1) is 6.92 Å². The van der Waals surface area contributed by atoms with E-state index in [4.69, 9.17) is 9.52 Å². The lowest BCUT2D eigenvalue weighted by Crippen LogP contribution is -1.98. The van der Waals surface area contributed by atoms with E-state index in [1.54, 1.807) is 12.5 Å². The van der Waals surface area contributed by atoms with Gasteiger partial charge in [0.05, 0.1) is 25.2 Å². The SMILES string of the molecule is Cc1ocnc1Cn1cnc(CO)c1. The van der Waals surface area contributed by atoms with E-state index in [0.717, 1.165) is 11.5 Å². The van der Waals surface area contributed by atoms with Crippen LogP contribution >= 0.6 is 0 Å². The predicted octanol–water partition coefficient (Wildman–Crippen LogP) is 0.720. The number of hydrogen-bond acceptors (Lipinski definition) is 4. The highest BCUT2D eigenvalue weighted by Crippen LogP contribution is 2.07. The molecule has 5 heteroatoms. The summed E-state index contributed by atoms with van der Waals surface area (Å²) >= 11 is 0. The van der Waals surface area contributed by atoms with Crippen molar-refractivity contribution in [3.8, 4) is 0 Å². The molecular formula is C9H11N3O2. The number of aliphatic hydroxyl groups is 1. The molecule has 0 aliphatic carbocycles. The second kappa shape index (κ2) is 3.63. The number of aryl methyl sites for hydroxylation is 1. The highest BCUT2D eigenvalue weighted by molar-refractivity contribution is 5.06. The lowest BCUT2D eigenvalue weighted by Gasteiger charge is -1.97. The van der Waals surface area contributed by atoms with Gasteiger partial charge in [-0.1, -0.05) is 0 Å². The molecule has 0 fully saturated rings. The molecule has 2 aromatic rings. The molecule has 0 bridgehead atoms. The van der Waals surface area contributed by atoms with E-state index in [9.17, 15) is 0 Å². The van der Waals surface area contributed by atoms with Crippen LogP contribution in [0.25, 0.3) is 0 Å². The predicted molar refractivity (Wildman–Crippen MR) is 48.5 cm³/mol. The molecule has 0 saturated heterocycles. The molecule has 2 rings (SSSR count). The fourth-order valence-electron chi connectivity index (χ4n) is 1.23. The summed E-state index contributed by atoms with van der Waals surface area (Å²) < 4.78 is 6.93. The molecule has 5 nitrogen and oxygen atoms in total. The standard InChI is InChI=1S/C9H11N3O2/c1-7-9(11-6-14-7)3-12-2-8(4-13)10-5-12/h2,5-6,13H,3-4H2,1H3. The maximum Gasteiger partial charge on any atom is 0.181 e. The Kier molecular flexibility index (Phi) is 2.32. The lowest BCUT2D eigenvalue weighted by atomic mass is 10.3. The first kappa shape index (κ1) is 8.96. The van der Waals surface area contributed by atoms with Gasteiger partial charge in [-0.3, -0.25) is 0 Å². The van der Waals surface area contributed by atoms with Crippen LogP contribution in [-0.4, -0.2) is 19.6 Å². The van der Waals surface area contributed by atoms with Crippen LogP contribution in [0.3, 0.4) is 0 Å². The van der Waals surface area contributed by atoms with Crippen LogP contribution in [-0.2, 0) is 13.2 Å². The summed E-state index contributed by atoms with van der Waals surface area (Å²) in [4.78, 5) is 8.07. The number of rotatable bonds is 3. The Morgan fingerprint density at radius 1 is 1.50 bits per heavy atom. The molecule has 0 radical (unpaired) electrons. The van der Waals surface area contributed by atoms with Crippen LogP contribution in [0.15, 0.2) is 23.3 Å². The van der Waals surface area contributed by atoms with Gasteiger partial charge in [-0.25, -0.2) is 9.97 Å². The summed E-state index contributed by atoms with van der Waals surface area (Å²) in [6.45, 7) is 2.45. The molecule has 0 aliphatic rings. The van der Waals surface area contributed by atoms with E-state index >= 15 is 0 Å². The average Bonchev–Trinajstić information content (AvgIpc) is 2.77. The fourth-order valence-corrected chi connectivity index (χ4v) is 1.23. The van der Waals surface area contributed by atoms with Gasteiger partial charge in [0, 0.05) is 6.20 Å². The summed E-state index contributed by atoms with van der Waals surface area (Å²) in [5, 5.41) is 8.82. The van der Waals surface area contributed by atoms with E-state index < -0.39 is 0 Å². The smallest absolute Gasteiger partial charge is 0.181 e. The van der Waals surface area contributed by atoms with Crippen molar-refractivity contribution in [2.24, 2.45) is 0 Å². The monoisotopic (exact) mass is 193 g/mol. The Morgan fingerprint density at radius 3 is 2.93 bits per heavy atom. The first-order valence-electron chi connectivity index (χ1n) is 4.30. The topological polar surface area (TPSA) is 64.1 Å². The van der Waals surface area contributed by atoms with Gasteiger partial charge in [-0.2, -0.15) is 0 Å². The van der Waals surface area contributed by atoms with Crippen molar-refractivity contribution in [1.29, 1.82) is 0 Å². The maximum absolute atomic E-state index is 8.82. The molecule has 14 heavy (non-hydrogen) atoms. The van der Waals surface area contributed by atoms with Crippen molar-refractivity contribution in [2.75, 3.05) is 0 Å². The number of aliphatic hydroxyl groups excluding tert-OH is 1. The third-order valence-electron chi connectivity index (χ3n) is 2.03. The van der Waals surface area contributed by atoms with Gasteiger partial charge in [0.25, 0.3) is 0 Å². The maximum atomic E-state index is 8.82. The van der Waals surface area contributed by atoms with Crippen LogP contribution in [0.1, 0.15) is 17.1 Å². The van der Waals surface area contributed by atoms with Crippen molar-refractivity contribution < 1.29 is 9.52 Å². The molecule has 0 saturated carbocycles. The summed E-state index contributed by atoms with van der Waals surface area (Å²) in [5.74, 6) is 0.809. The number of aromatic nitrogens is 3. The zero-order valence-electron chi connectivity index (χ0n) is 7.84. The van der Waals surface area contributed by atoms with Gasteiger partial charge >= 0.3 is 0 Å². The summed E-state index contributed by atoms with van der Waals surface area (Å²) in [6, 6.07) is 0. The van der Waals surface area contributed by atoms with E-state index in [2.05, 4.69) is 9.97 Å². The molecule has 0 atom stereocenters. The van der Waals surface area contributed by atoms with Crippen molar-refractivity contribution in [1.82, 2.24) is 14.5 Å². The molecule has 1 N–H and O–H groups in total. The second-order valence-corrected chi connectivity index (χ2v) is 3.05. The molecule has 0 unspecified atom stereocenters. The van der Waals surface area contributed by atoms with Crippen molar-refractivity contribution in [2.45, 2.75) is 20.1 Å². The average molecular weight is 193 g/mol.